The molecular formula is C15H21N3O2. The number of anilines is 1. The first-order chi connectivity index (χ1) is 9.63. The van der Waals surface area contributed by atoms with Crippen molar-refractivity contribution in [3.63, 3.8) is 0 Å². The fourth-order valence-electron chi connectivity index (χ4n) is 2.15. The summed E-state index contributed by atoms with van der Waals surface area (Å²) >= 11 is 0. The number of benzene rings is 1. The molecule has 1 heterocycles. The van der Waals surface area contributed by atoms with Crippen LogP contribution in [0.2, 0.25) is 0 Å². The van der Waals surface area contributed by atoms with Crippen LogP contribution in [0, 0.1) is 5.92 Å². The first-order valence-corrected chi connectivity index (χ1v) is 6.98. The Balaban J connectivity index is 2.09. The minimum Gasteiger partial charge on any atom is -0.352 e. The monoisotopic (exact) mass is 275 g/mol. The summed E-state index contributed by atoms with van der Waals surface area (Å²) in [6.45, 7) is 4.39. The molecule has 20 heavy (non-hydrogen) atoms. The quantitative estimate of drug-likeness (QED) is 0.843. The summed E-state index contributed by atoms with van der Waals surface area (Å²) < 4.78 is 0. The van der Waals surface area contributed by atoms with E-state index in [0.717, 1.165) is 13.1 Å². The van der Waals surface area contributed by atoms with E-state index >= 15 is 0 Å². The molecule has 0 saturated carbocycles. The van der Waals surface area contributed by atoms with Crippen LogP contribution in [0.15, 0.2) is 24.3 Å². The second-order valence-electron chi connectivity index (χ2n) is 5.06. The summed E-state index contributed by atoms with van der Waals surface area (Å²) in [6, 6.07) is 7.20. The normalized spacial score (nSPS) is 14.5. The van der Waals surface area contributed by atoms with E-state index in [2.05, 4.69) is 10.6 Å². The predicted molar refractivity (Wildman–Crippen MR) is 78.8 cm³/mol. The van der Waals surface area contributed by atoms with Gasteiger partial charge < -0.3 is 15.5 Å². The van der Waals surface area contributed by atoms with Crippen molar-refractivity contribution in [1.29, 1.82) is 0 Å². The molecule has 2 rings (SSSR count). The van der Waals surface area contributed by atoms with Gasteiger partial charge in [-0.05, 0) is 12.1 Å². The molecule has 1 aromatic rings. The lowest BCUT2D eigenvalue weighted by atomic mass is 10.0. The summed E-state index contributed by atoms with van der Waals surface area (Å²) in [6.07, 6.45) is 0.417. The van der Waals surface area contributed by atoms with E-state index in [0.29, 0.717) is 30.1 Å². The van der Waals surface area contributed by atoms with E-state index in [9.17, 15) is 9.59 Å². The highest BCUT2D eigenvalue weighted by molar-refractivity contribution is 6.04. The lowest BCUT2D eigenvalue weighted by Gasteiger charge is -2.27. The van der Waals surface area contributed by atoms with Gasteiger partial charge in [0.25, 0.3) is 5.91 Å². The number of nitrogens with one attached hydrogen (secondary N) is 2. The first kappa shape index (κ1) is 14.5. The second-order valence-corrected chi connectivity index (χ2v) is 5.06. The van der Waals surface area contributed by atoms with Gasteiger partial charge in [-0.25, -0.2) is 0 Å². The summed E-state index contributed by atoms with van der Waals surface area (Å²) in [5, 5.41) is 6.11. The standard InChI is InChI=1S/C15H21N3O2/c1-3-14(19)18(2)13-7-5-4-6-12(13)15(20)17-10-11-8-16-9-11/h4-7,11,16H,3,8-10H2,1-2H3,(H,17,20). The van der Waals surface area contributed by atoms with Crippen LogP contribution in [-0.2, 0) is 4.79 Å². The molecule has 0 atom stereocenters. The van der Waals surface area contributed by atoms with Crippen LogP contribution in [0.1, 0.15) is 23.7 Å². The van der Waals surface area contributed by atoms with Crippen LogP contribution >= 0.6 is 0 Å². The molecule has 1 aliphatic heterocycles. The van der Waals surface area contributed by atoms with Crippen molar-refractivity contribution in [2.24, 2.45) is 5.92 Å². The molecule has 0 spiro atoms. The van der Waals surface area contributed by atoms with Crippen LogP contribution in [-0.4, -0.2) is 38.5 Å². The van der Waals surface area contributed by atoms with Crippen LogP contribution in [0.3, 0.4) is 0 Å². The van der Waals surface area contributed by atoms with E-state index in [1.165, 1.54) is 0 Å². The molecule has 1 aliphatic rings. The fourth-order valence-corrected chi connectivity index (χ4v) is 2.15. The van der Waals surface area contributed by atoms with Crippen molar-refractivity contribution < 1.29 is 9.59 Å². The first-order valence-electron chi connectivity index (χ1n) is 6.98. The number of carbonyl (C=O) groups is 2. The molecule has 108 valence electrons. The summed E-state index contributed by atoms with van der Waals surface area (Å²) in [5.74, 6) is 0.387. The van der Waals surface area contributed by atoms with Crippen molar-refractivity contribution >= 4 is 17.5 Å². The Hall–Kier alpha value is -1.88. The van der Waals surface area contributed by atoms with Gasteiger partial charge in [0.15, 0.2) is 0 Å². The van der Waals surface area contributed by atoms with Crippen molar-refractivity contribution in [3.8, 4) is 0 Å². The average Bonchev–Trinajstić information content (AvgIpc) is 2.43. The van der Waals surface area contributed by atoms with Gasteiger partial charge in [-0.1, -0.05) is 19.1 Å². The summed E-state index contributed by atoms with van der Waals surface area (Å²) in [5.41, 5.74) is 1.20. The lowest BCUT2D eigenvalue weighted by molar-refractivity contribution is -0.118. The molecule has 0 aliphatic carbocycles. The minimum atomic E-state index is -0.122. The van der Waals surface area contributed by atoms with Crippen molar-refractivity contribution in [2.75, 3.05) is 31.6 Å². The van der Waals surface area contributed by atoms with E-state index in [4.69, 9.17) is 0 Å². The molecule has 0 bridgehead atoms. The Labute approximate surface area is 119 Å². The maximum Gasteiger partial charge on any atom is 0.253 e. The molecule has 1 saturated heterocycles. The van der Waals surface area contributed by atoms with Crippen LogP contribution in [0.4, 0.5) is 5.69 Å². The SMILES string of the molecule is CCC(=O)N(C)c1ccccc1C(=O)NCC1CNC1. The molecule has 2 N–H and O–H groups in total. The Morgan fingerprint density at radius 3 is 2.65 bits per heavy atom. The van der Waals surface area contributed by atoms with Crippen molar-refractivity contribution in [2.45, 2.75) is 13.3 Å². The minimum absolute atomic E-state index is 0.00607. The van der Waals surface area contributed by atoms with Crippen molar-refractivity contribution in [1.82, 2.24) is 10.6 Å². The maximum atomic E-state index is 12.3. The van der Waals surface area contributed by atoms with Gasteiger partial charge in [0.05, 0.1) is 11.3 Å². The Morgan fingerprint density at radius 2 is 2.05 bits per heavy atom. The van der Waals surface area contributed by atoms with E-state index in [1.54, 1.807) is 24.1 Å². The zero-order valence-corrected chi connectivity index (χ0v) is 12.0. The zero-order valence-electron chi connectivity index (χ0n) is 12.0. The van der Waals surface area contributed by atoms with Gasteiger partial charge in [-0.3, -0.25) is 9.59 Å². The highest BCUT2D eigenvalue weighted by atomic mass is 16.2. The molecule has 5 nitrogen and oxygen atoms in total. The van der Waals surface area contributed by atoms with Crippen LogP contribution < -0.4 is 15.5 Å². The van der Waals surface area contributed by atoms with Gasteiger partial charge in [0.1, 0.15) is 0 Å². The van der Waals surface area contributed by atoms with Crippen molar-refractivity contribution in [3.05, 3.63) is 29.8 Å². The third kappa shape index (κ3) is 3.17. The van der Waals surface area contributed by atoms with Crippen LogP contribution in [0.5, 0.6) is 0 Å². The second kappa shape index (κ2) is 6.52. The van der Waals surface area contributed by atoms with Gasteiger partial charge in [-0.2, -0.15) is 0 Å². The molecule has 5 heteroatoms. The van der Waals surface area contributed by atoms with Gasteiger partial charge in [0, 0.05) is 39.0 Å². The largest absolute Gasteiger partial charge is 0.352 e. The van der Waals surface area contributed by atoms with E-state index in [-0.39, 0.29) is 11.8 Å². The number of hydrogen-bond donors (Lipinski definition) is 2. The molecule has 0 aromatic heterocycles. The molecular weight excluding hydrogens is 254 g/mol. The molecule has 2 amide bonds. The number of para-hydroxylation sites is 1. The highest BCUT2D eigenvalue weighted by Crippen LogP contribution is 2.20. The number of hydrogen-bond acceptors (Lipinski definition) is 3. The van der Waals surface area contributed by atoms with Gasteiger partial charge in [-0.15, -0.1) is 0 Å². The third-order valence-electron chi connectivity index (χ3n) is 3.60. The summed E-state index contributed by atoms with van der Waals surface area (Å²) in [7, 11) is 1.70. The zero-order chi connectivity index (χ0) is 14.5. The molecule has 1 aromatic carbocycles. The summed E-state index contributed by atoms with van der Waals surface area (Å²) in [4.78, 5) is 25.6. The maximum absolute atomic E-state index is 12.3. The Bertz CT molecular complexity index is 498. The molecule has 0 unspecified atom stereocenters. The number of carbonyl (C=O) groups excluding carboxylic acids is 2. The molecule has 0 radical (unpaired) electrons. The van der Waals surface area contributed by atoms with E-state index < -0.39 is 0 Å². The average molecular weight is 275 g/mol. The number of nitrogens with zero attached hydrogens (tertiary/aromatic N) is 1. The fraction of sp³-hybridized carbons (Fsp3) is 0.467. The van der Waals surface area contributed by atoms with Gasteiger partial charge in [0.2, 0.25) is 5.91 Å². The van der Waals surface area contributed by atoms with Crippen LogP contribution in [0.25, 0.3) is 0 Å². The Morgan fingerprint density at radius 1 is 1.35 bits per heavy atom. The predicted octanol–water partition coefficient (Wildman–Crippen LogP) is 1.01. The lowest BCUT2D eigenvalue weighted by Crippen LogP contribution is -2.48. The highest BCUT2D eigenvalue weighted by Gasteiger charge is 2.20. The van der Waals surface area contributed by atoms with E-state index in [1.807, 2.05) is 19.1 Å². The number of amides is 2. The Kier molecular flexibility index (Phi) is 4.74. The third-order valence-corrected chi connectivity index (χ3v) is 3.60. The topological polar surface area (TPSA) is 61.4 Å². The van der Waals surface area contributed by atoms with Gasteiger partial charge >= 0.3 is 0 Å². The smallest absolute Gasteiger partial charge is 0.253 e. The molecule has 1 fully saturated rings. The number of rotatable bonds is 5.